The second-order valence-electron chi connectivity index (χ2n) is 6.07. The Morgan fingerprint density at radius 2 is 1.73 bits per heavy atom. The molecule has 0 N–H and O–H groups in total. The smallest absolute Gasteiger partial charge is 0.246 e. The van der Waals surface area contributed by atoms with Crippen LogP contribution in [0, 0.1) is 6.92 Å². The fourth-order valence-corrected chi connectivity index (χ4v) is 5.11. The van der Waals surface area contributed by atoms with Crippen LogP contribution in [0.1, 0.15) is 5.56 Å². The van der Waals surface area contributed by atoms with Crippen LogP contribution < -0.4 is 9.64 Å². The normalized spacial score (nSPS) is 15.9. The quantitative estimate of drug-likeness (QED) is 0.762. The molecule has 0 atom stereocenters. The van der Waals surface area contributed by atoms with Crippen LogP contribution in [0.15, 0.2) is 41.3 Å². The van der Waals surface area contributed by atoms with Crippen molar-refractivity contribution in [2.75, 3.05) is 38.2 Å². The van der Waals surface area contributed by atoms with E-state index in [0.717, 1.165) is 11.3 Å². The first-order chi connectivity index (χ1) is 12.3. The Labute approximate surface area is 164 Å². The summed E-state index contributed by atoms with van der Waals surface area (Å²) in [5, 5.41) is 1.07. The van der Waals surface area contributed by atoms with Gasteiger partial charge in [0.2, 0.25) is 10.0 Å². The summed E-state index contributed by atoms with van der Waals surface area (Å²) in [5.74, 6) is 0.294. The average Bonchev–Trinajstić information content (AvgIpc) is 2.64. The van der Waals surface area contributed by atoms with Crippen molar-refractivity contribution in [3.8, 4) is 5.75 Å². The Morgan fingerprint density at radius 3 is 2.38 bits per heavy atom. The lowest BCUT2D eigenvalue weighted by Crippen LogP contribution is -2.48. The van der Waals surface area contributed by atoms with Crippen molar-refractivity contribution in [3.05, 3.63) is 52.0 Å². The number of nitrogens with zero attached hydrogens (tertiary/aromatic N) is 2. The summed E-state index contributed by atoms with van der Waals surface area (Å²) in [7, 11) is -2.23. The van der Waals surface area contributed by atoms with Gasteiger partial charge in [-0.3, -0.25) is 0 Å². The van der Waals surface area contributed by atoms with Gasteiger partial charge < -0.3 is 9.64 Å². The van der Waals surface area contributed by atoms with Crippen LogP contribution >= 0.6 is 23.2 Å². The van der Waals surface area contributed by atoms with Gasteiger partial charge in [-0.2, -0.15) is 4.31 Å². The van der Waals surface area contributed by atoms with E-state index in [1.165, 1.54) is 17.5 Å². The molecule has 2 aromatic carbocycles. The van der Waals surface area contributed by atoms with Crippen molar-refractivity contribution in [1.29, 1.82) is 0 Å². The number of anilines is 1. The summed E-state index contributed by atoms with van der Waals surface area (Å²) in [6.07, 6.45) is 0. The van der Waals surface area contributed by atoms with Gasteiger partial charge in [-0.1, -0.05) is 29.3 Å². The summed E-state index contributed by atoms with van der Waals surface area (Å²) < 4.78 is 32.7. The SMILES string of the molecule is COc1ccc(Cl)cc1S(=O)(=O)N1CCN(c2cccc(Cl)c2C)CC1. The number of ether oxygens (including phenoxy) is 1. The van der Waals surface area contributed by atoms with Crippen LogP contribution in [-0.2, 0) is 10.0 Å². The molecule has 0 aliphatic carbocycles. The van der Waals surface area contributed by atoms with Gasteiger partial charge in [0.1, 0.15) is 10.6 Å². The number of methoxy groups -OCH3 is 1. The predicted molar refractivity (Wildman–Crippen MR) is 105 cm³/mol. The minimum Gasteiger partial charge on any atom is -0.495 e. The van der Waals surface area contributed by atoms with Crippen LogP contribution in [0.3, 0.4) is 0 Å². The number of piperazine rings is 1. The molecule has 140 valence electrons. The number of sulfonamides is 1. The molecule has 0 amide bonds. The van der Waals surface area contributed by atoms with Gasteiger partial charge in [0.25, 0.3) is 0 Å². The summed E-state index contributed by atoms with van der Waals surface area (Å²) in [5.41, 5.74) is 2.04. The fraction of sp³-hybridized carbons (Fsp3) is 0.333. The minimum absolute atomic E-state index is 0.0971. The van der Waals surface area contributed by atoms with Gasteiger partial charge in [-0.25, -0.2) is 8.42 Å². The Morgan fingerprint density at radius 1 is 1.04 bits per heavy atom. The van der Waals surface area contributed by atoms with Crippen molar-refractivity contribution in [2.45, 2.75) is 11.8 Å². The van der Waals surface area contributed by atoms with Gasteiger partial charge in [0.15, 0.2) is 0 Å². The molecule has 0 unspecified atom stereocenters. The lowest BCUT2D eigenvalue weighted by atomic mass is 10.1. The zero-order valence-corrected chi connectivity index (χ0v) is 16.9. The van der Waals surface area contributed by atoms with E-state index in [1.54, 1.807) is 12.1 Å². The van der Waals surface area contributed by atoms with Gasteiger partial charge in [-0.15, -0.1) is 0 Å². The lowest BCUT2D eigenvalue weighted by molar-refractivity contribution is 0.374. The number of rotatable bonds is 4. The van der Waals surface area contributed by atoms with Crippen LogP contribution in [0.4, 0.5) is 5.69 Å². The molecule has 0 bridgehead atoms. The molecule has 26 heavy (non-hydrogen) atoms. The van der Waals surface area contributed by atoms with Crippen LogP contribution in [0.2, 0.25) is 10.0 Å². The molecule has 8 heteroatoms. The second-order valence-corrected chi connectivity index (χ2v) is 8.82. The Balaban J connectivity index is 1.81. The third kappa shape index (κ3) is 3.64. The Bertz CT molecular complexity index is 911. The minimum atomic E-state index is -3.68. The maximum absolute atomic E-state index is 13.0. The average molecular weight is 415 g/mol. The van der Waals surface area contributed by atoms with E-state index < -0.39 is 10.0 Å². The fourth-order valence-electron chi connectivity index (χ4n) is 3.10. The summed E-state index contributed by atoms with van der Waals surface area (Å²) in [6, 6.07) is 10.4. The first kappa shape index (κ1) is 19.3. The third-order valence-electron chi connectivity index (χ3n) is 4.56. The highest BCUT2D eigenvalue weighted by atomic mass is 35.5. The van der Waals surface area contributed by atoms with E-state index in [-0.39, 0.29) is 4.90 Å². The van der Waals surface area contributed by atoms with Crippen LogP contribution in [-0.4, -0.2) is 46.0 Å². The van der Waals surface area contributed by atoms with Gasteiger partial charge >= 0.3 is 0 Å². The van der Waals surface area contributed by atoms with Crippen LogP contribution in [0.5, 0.6) is 5.75 Å². The second kappa shape index (κ2) is 7.64. The van der Waals surface area contributed by atoms with Gasteiger partial charge in [-0.05, 0) is 42.8 Å². The molecule has 0 aromatic heterocycles. The molecule has 1 saturated heterocycles. The summed E-state index contributed by atoms with van der Waals surface area (Å²) in [6.45, 7) is 3.90. The van der Waals surface area contributed by atoms with E-state index in [4.69, 9.17) is 27.9 Å². The van der Waals surface area contributed by atoms with Crippen molar-refractivity contribution < 1.29 is 13.2 Å². The topological polar surface area (TPSA) is 49.9 Å². The van der Waals surface area contributed by atoms with E-state index in [2.05, 4.69) is 4.90 Å². The molecule has 0 spiro atoms. The molecular weight excluding hydrogens is 395 g/mol. The number of benzene rings is 2. The molecule has 1 fully saturated rings. The standard InChI is InChI=1S/C18H20Cl2N2O3S/c1-13-15(20)4-3-5-16(13)21-8-10-22(11-9-21)26(23,24)18-12-14(19)6-7-17(18)25-2/h3-7,12H,8-11H2,1-2H3. The highest BCUT2D eigenvalue weighted by molar-refractivity contribution is 7.89. The van der Waals surface area contributed by atoms with E-state index in [9.17, 15) is 8.42 Å². The molecule has 1 aliphatic heterocycles. The zero-order valence-electron chi connectivity index (χ0n) is 14.6. The van der Waals surface area contributed by atoms with Crippen molar-refractivity contribution in [1.82, 2.24) is 4.31 Å². The number of hydrogen-bond donors (Lipinski definition) is 0. The van der Waals surface area contributed by atoms with Gasteiger partial charge in [0.05, 0.1) is 7.11 Å². The summed E-state index contributed by atoms with van der Waals surface area (Å²) in [4.78, 5) is 2.25. The van der Waals surface area contributed by atoms with Crippen molar-refractivity contribution >= 4 is 38.9 Å². The highest BCUT2D eigenvalue weighted by Crippen LogP contribution is 2.32. The molecule has 0 saturated carbocycles. The molecule has 5 nitrogen and oxygen atoms in total. The number of hydrogen-bond acceptors (Lipinski definition) is 4. The van der Waals surface area contributed by atoms with Crippen molar-refractivity contribution in [2.24, 2.45) is 0 Å². The molecule has 3 rings (SSSR count). The summed E-state index contributed by atoms with van der Waals surface area (Å²) >= 11 is 12.2. The third-order valence-corrected chi connectivity index (χ3v) is 7.13. The number of halogens is 2. The highest BCUT2D eigenvalue weighted by Gasteiger charge is 2.31. The largest absolute Gasteiger partial charge is 0.495 e. The molecule has 2 aromatic rings. The van der Waals surface area contributed by atoms with E-state index >= 15 is 0 Å². The van der Waals surface area contributed by atoms with Crippen LogP contribution in [0.25, 0.3) is 0 Å². The van der Waals surface area contributed by atoms with Crippen molar-refractivity contribution in [3.63, 3.8) is 0 Å². The molecule has 1 heterocycles. The maximum atomic E-state index is 13.0. The van der Waals surface area contributed by atoms with E-state index in [1.807, 2.05) is 25.1 Å². The molecule has 1 aliphatic rings. The maximum Gasteiger partial charge on any atom is 0.246 e. The van der Waals surface area contributed by atoms with E-state index in [0.29, 0.717) is 42.0 Å². The monoisotopic (exact) mass is 414 g/mol. The molecular formula is C18H20Cl2N2O3S. The first-order valence-electron chi connectivity index (χ1n) is 8.18. The Hall–Kier alpha value is -1.47. The zero-order chi connectivity index (χ0) is 18.9. The predicted octanol–water partition coefficient (Wildman–Crippen LogP) is 3.82. The first-order valence-corrected chi connectivity index (χ1v) is 10.4. The van der Waals surface area contributed by atoms with Gasteiger partial charge in [0, 0.05) is 41.9 Å². The Kier molecular flexibility index (Phi) is 5.67. The molecule has 0 radical (unpaired) electrons. The lowest BCUT2D eigenvalue weighted by Gasteiger charge is -2.36.